The molecule has 0 saturated heterocycles. The second-order valence-electron chi connectivity index (χ2n) is 4.59. The normalized spacial score (nSPS) is 11.0. The molecule has 1 amide bonds. The van der Waals surface area contributed by atoms with Crippen molar-refractivity contribution in [2.45, 2.75) is 13.5 Å². The van der Waals surface area contributed by atoms with Gasteiger partial charge in [-0.25, -0.2) is 4.39 Å². The van der Waals surface area contributed by atoms with Gasteiger partial charge in [-0.1, -0.05) is 23.7 Å². The van der Waals surface area contributed by atoms with Crippen molar-refractivity contribution in [3.8, 4) is 0 Å². The monoisotopic (exact) mass is 307 g/mol. The van der Waals surface area contributed by atoms with Gasteiger partial charge in [0, 0.05) is 25.2 Å². The van der Waals surface area contributed by atoms with Crippen LogP contribution in [0, 0.1) is 12.7 Å². The number of benzene rings is 1. The van der Waals surface area contributed by atoms with Crippen LogP contribution in [0.15, 0.2) is 30.3 Å². The van der Waals surface area contributed by atoms with E-state index in [1.165, 1.54) is 18.2 Å². The van der Waals surface area contributed by atoms with Gasteiger partial charge in [0.2, 0.25) is 5.91 Å². The molecule has 0 atom stereocenters. The topological polar surface area (TPSA) is 46.9 Å². The summed E-state index contributed by atoms with van der Waals surface area (Å²) in [5.74, 6) is -0.603. The summed E-state index contributed by atoms with van der Waals surface area (Å²) in [6, 6.07) is 6.09. The molecule has 0 radical (unpaired) electrons. The highest BCUT2D eigenvalue weighted by atomic mass is 35.5. The van der Waals surface area contributed by atoms with E-state index in [1.54, 1.807) is 29.9 Å². The van der Waals surface area contributed by atoms with Crippen molar-refractivity contribution in [2.24, 2.45) is 7.05 Å². The maximum atomic E-state index is 13.0. The van der Waals surface area contributed by atoms with Crippen molar-refractivity contribution in [3.05, 3.63) is 58.1 Å². The largest absolute Gasteiger partial charge is 0.348 e. The summed E-state index contributed by atoms with van der Waals surface area (Å²) in [4.78, 5) is 11.7. The third-order valence-electron chi connectivity index (χ3n) is 2.95. The van der Waals surface area contributed by atoms with Gasteiger partial charge in [-0.05, 0) is 30.7 Å². The van der Waals surface area contributed by atoms with E-state index >= 15 is 0 Å². The molecule has 1 aromatic heterocycles. The molecule has 0 unspecified atom stereocenters. The lowest BCUT2D eigenvalue weighted by Gasteiger charge is -2.02. The fourth-order valence-corrected chi connectivity index (χ4v) is 2.13. The van der Waals surface area contributed by atoms with Gasteiger partial charge in [0.05, 0.1) is 5.69 Å². The zero-order chi connectivity index (χ0) is 15.4. The van der Waals surface area contributed by atoms with Gasteiger partial charge in [-0.15, -0.1) is 0 Å². The predicted molar refractivity (Wildman–Crippen MR) is 80.2 cm³/mol. The molecule has 0 spiro atoms. The maximum Gasteiger partial charge on any atom is 0.244 e. The molecular weight excluding hydrogens is 293 g/mol. The van der Waals surface area contributed by atoms with E-state index in [2.05, 4.69) is 10.4 Å². The molecule has 2 aromatic rings. The first kappa shape index (κ1) is 15.3. The van der Waals surface area contributed by atoms with Crippen LogP contribution in [0.1, 0.15) is 16.8 Å². The molecule has 0 bridgehead atoms. The lowest BCUT2D eigenvalue weighted by atomic mass is 10.2. The molecule has 0 aliphatic rings. The summed E-state index contributed by atoms with van der Waals surface area (Å²) in [7, 11) is 1.73. The number of aryl methyl sites for hydroxylation is 2. The van der Waals surface area contributed by atoms with E-state index in [-0.39, 0.29) is 18.3 Å². The van der Waals surface area contributed by atoms with E-state index in [9.17, 15) is 9.18 Å². The molecule has 2 rings (SSSR count). The minimum Gasteiger partial charge on any atom is -0.348 e. The highest BCUT2D eigenvalue weighted by molar-refractivity contribution is 6.31. The number of hydrogen-bond acceptors (Lipinski definition) is 2. The smallest absolute Gasteiger partial charge is 0.244 e. The van der Waals surface area contributed by atoms with Crippen LogP contribution in [0.4, 0.5) is 4.39 Å². The number of carbonyl (C=O) groups is 1. The summed E-state index contributed by atoms with van der Waals surface area (Å²) >= 11 is 6.06. The van der Waals surface area contributed by atoms with Crippen molar-refractivity contribution >= 4 is 23.6 Å². The molecule has 110 valence electrons. The van der Waals surface area contributed by atoms with E-state index in [1.807, 2.05) is 6.92 Å². The summed E-state index contributed by atoms with van der Waals surface area (Å²) < 4.78 is 14.5. The van der Waals surface area contributed by atoms with Gasteiger partial charge in [-0.2, -0.15) is 5.10 Å². The Hall–Kier alpha value is -2.14. The lowest BCUT2D eigenvalue weighted by Crippen LogP contribution is -2.20. The Morgan fingerprint density at radius 3 is 2.90 bits per heavy atom. The van der Waals surface area contributed by atoms with Crippen molar-refractivity contribution in [2.75, 3.05) is 0 Å². The molecule has 0 aliphatic carbocycles. The minimum absolute atomic E-state index is 0.265. The highest BCUT2D eigenvalue weighted by Crippen LogP contribution is 2.19. The van der Waals surface area contributed by atoms with E-state index < -0.39 is 0 Å². The van der Waals surface area contributed by atoms with Crippen LogP contribution in [-0.4, -0.2) is 15.7 Å². The predicted octanol–water partition coefficient (Wildman–Crippen LogP) is 2.85. The van der Waals surface area contributed by atoms with Crippen molar-refractivity contribution < 1.29 is 9.18 Å². The van der Waals surface area contributed by atoms with Crippen LogP contribution in [0.2, 0.25) is 5.15 Å². The second kappa shape index (κ2) is 6.54. The van der Waals surface area contributed by atoms with E-state index in [0.29, 0.717) is 16.3 Å². The highest BCUT2D eigenvalue weighted by Gasteiger charge is 2.08. The van der Waals surface area contributed by atoms with Crippen molar-refractivity contribution in [3.63, 3.8) is 0 Å². The lowest BCUT2D eigenvalue weighted by molar-refractivity contribution is -0.116. The van der Waals surface area contributed by atoms with Crippen LogP contribution in [-0.2, 0) is 18.4 Å². The van der Waals surface area contributed by atoms with Gasteiger partial charge in [0.15, 0.2) is 0 Å². The summed E-state index contributed by atoms with van der Waals surface area (Å²) in [5.41, 5.74) is 2.16. The van der Waals surface area contributed by atoms with Gasteiger partial charge in [-0.3, -0.25) is 9.48 Å². The Morgan fingerprint density at radius 1 is 1.52 bits per heavy atom. The molecule has 4 nitrogen and oxygen atoms in total. The molecule has 0 fully saturated rings. The molecule has 1 heterocycles. The summed E-state index contributed by atoms with van der Waals surface area (Å²) in [5, 5.41) is 7.31. The van der Waals surface area contributed by atoms with Gasteiger partial charge >= 0.3 is 0 Å². The Kier molecular flexibility index (Phi) is 4.75. The number of hydrogen-bond donors (Lipinski definition) is 1. The fraction of sp³-hybridized carbons (Fsp3) is 0.200. The molecular formula is C15H15ClFN3O. The Bertz CT molecular complexity index is 694. The number of amides is 1. The first-order chi connectivity index (χ1) is 9.97. The number of nitrogens with zero attached hydrogens (tertiary/aromatic N) is 2. The average molecular weight is 308 g/mol. The third kappa shape index (κ3) is 3.92. The summed E-state index contributed by atoms with van der Waals surface area (Å²) in [6.45, 7) is 2.08. The van der Waals surface area contributed by atoms with Crippen molar-refractivity contribution in [1.82, 2.24) is 15.1 Å². The average Bonchev–Trinajstić information content (AvgIpc) is 2.68. The quantitative estimate of drug-likeness (QED) is 0.883. The first-order valence-corrected chi connectivity index (χ1v) is 6.74. The standard InChI is InChI=1S/C15H15ClFN3O/c1-10-13(15(16)20(2)19-10)6-7-14(21)18-9-11-4-3-5-12(17)8-11/h3-8H,9H2,1-2H3,(H,18,21)/b7-6+. The Labute approximate surface area is 127 Å². The van der Waals surface area contributed by atoms with E-state index in [0.717, 1.165) is 5.69 Å². The van der Waals surface area contributed by atoms with Gasteiger partial charge < -0.3 is 5.32 Å². The Balaban J connectivity index is 1.97. The third-order valence-corrected chi connectivity index (χ3v) is 3.40. The second-order valence-corrected chi connectivity index (χ2v) is 4.95. The molecule has 21 heavy (non-hydrogen) atoms. The molecule has 1 N–H and O–H groups in total. The SMILES string of the molecule is Cc1nn(C)c(Cl)c1/C=C/C(=O)NCc1cccc(F)c1. The number of rotatable bonds is 4. The van der Waals surface area contributed by atoms with Gasteiger partial charge in [0.1, 0.15) is 11.0 Å². The molecule has 1 aromatic carbocycles. The van der Waals surface area contributed by atoms with E-state index in [4.69, 9.17) is 11.6 Å². The number of nitrogens with one attached hydrogen (secondary N) is 1. The number of halogens is 2. The molecule has 6 heteroatoms. The summed E-state index contributed by atoms with van der Waals surface area (Å²) in [6.07, 6.45) is 3.00. The Morgan fingerprint density at radius 2 is 2.29 bits per heavy atom. The maximum absolute atomic E-state index is 13.0. The molecule has 0 saturated carbocycles. The van der Waals surface area contributed by atoms with Crippen molar-refractivity contribution in [1.29, 1.82) is 0 Å². The first-order valence-electron chi connectivity index (χ1n) is 6.37. The zero-order valence-corrected chi connectivity index (χ0v) is 12.5. The molecule has 0 aliphatic heterocycles. The minimum atomic E-state index is -0.324. The van der Waals surface area contributed by atoms with Crippen LogP contribution in [0.5, 0.6) is 0 Å². The fourth-order valence-electron chi connectivity index (χ4n) is 1.89. The number of carbonyl (C=O) groups excluding carboxylic acids is 1. The van der Waals surface area contributed by atoms with Crippen LogP contribution in [0.3, 0.4) is 0 Å². The number of aromatic nitrogens is 2. The van der Waals surface area contributed by atoms with Crippen LogP contribution in [0.25, 0.3) is 6.08 Å². The van der Waals surface area contributed by atoms with Crippen LogP contribution < -0.4 is 5.32 Å². The zero-order valence-electron chi connectivity index (χ0n) is 11.7. The van der Waals surface area contributed by atoms with Crippen LogP contribution >= 0.6 is 11.6 Å². The van der Waals surface area contributed by atoms with Gasteiger partial charge in [0.25, 0.3) is 0 Å².